The van der Waals surface area contributed by atoms with Gasteiger partial charge in [-0.25, -0.2) is 0 Å². The summed E-state index contributed by atoms with van der Waals surface area (Å²) in [6.45, 7) is -2.86. The van der Waals surface area contributed by atoms with Crippen LogP contribution in [0.3, 0.4) is 0 Å². The topological polar surface area (TPSA) is 294 Å². The second-order valence-corrected chi connectivity index (χ2v) is 7.37. The molecule has 0 amide bonds. The van der Waals surface area contributed by atoms with E-state index in [0.717, 1.165) is 0 Å². The molecule has 0 radical (unpaired) electrons. The van der Waals surface area contributed by atoms with E-state index in [9.17, 15) is 59.4 Å². The fourth-order valence-corrected chi connectivity index (χ4v) is 3.87. The van der Waals surface area contributed by atoms with Crippen molar-refractivity contribution >= 4 is 35.8 Å². The minimum atomic E-state index is -2.89. The molecule has 0 aliphatic heterocycles. The van der Waals surface area contributed by atoms with Crippen molar-refractivity contribution in [3.8, 4) is 0 Å². The number of aliphatic carboxylic acids is 6. The van der Waals surface area contributed by atoms with Crippen LogP contribution in [0, 0.1) is 0 Å². The molecule has 0 aliphatic carbocycles. The molecule has 194 valence electrons. The van der Waals surface area contributed by atoms with Gasteiger partial charge in [-0.3, -0.25) is 4.90 Å². The third-order valence-corrected chi connectivity index (χ3v) is 4.99. The largest absolute Gasteiger partial charge is 1.00 e. The summed E-state index contributed by atoms with van der Waals surface area (Å²) in [7, 11) is 0. The van der Waals surface area contributed by atoms with Crippen molar-refractivity contribution in [3.63, 3.8) is 0 Å². The third-order valence-electron chi connectivity index (χ3n) is 4.99. The molecular formula is C18H24K6N4O12. The van der Waals surface area contributed by atoms with Crippen LogP contribution in [-0.4, -0.2) is 91.1 Å². The minimum Gasteiger partial charge on any atom is -0.550 e. The molecular weight excluding hydrogens is 699 g/mol. The molecule has 0 saturated carbocycles. The molecule has 0 atom stereocenters. The number of carbonyl (C=O) groups is 6. The minimum absolute atomic E-state index is 0. The van der Waals surface area contributed by atoms with Gasteiger partial charge >= 0.3 is 308 Å². The quantitative estimate of drug-likeness (QED) is 0.0776. The van der Waals surface area contributed by atoms with Gasteiger partial charge in [0, 0.05) is 94.4 Å². The van der Waals surface area contributed by atoms with E-state index in [1.807, 2.05) is 0 Å². The molecule has 0 unspecified atom stereocenters. The summed E-state index contributed by atoms with van der Waals surface area (Å²) in [6.07, 6.45) is -5.89. The number of rotatable bonds is 20. The van der Waals surface area contributed by atoms with Gasteiger partial charge in [-0.05, 0) is 0 Å². The first kappa shape index (κ1) is 61.7. The standard InChI is InChI=1S/C18H30N4O12.6K/c19-1-2-20-3-4-21-17(5-11(23)24,6-12(25)26)18(7-13(27)28,8-14(29)30)22(9-15(31)32)10-16(33)34;;;;;;/h20-21H,1-10,19H2,(H,23,24)(H,25,26)(H,27,28)(H,29,30)(H,31,32)(H,33,34);;;;;;/q;6*+1/p-6. The van der Waals surface area contributed by atoms with E-state index in [2.05, 4.69) is 10.6 Å². The van der Waals surface area contributed by atoms with Gasteiger partial charge in [-0.1, -0.05) is 0 Å². The maximum absolute atomic E-state index is 11.6. The van der Waals surface area contributed by atoms with Crippen LogP contribution in [0.15, 0.2) is 0 Å². The molecule has 0 heterocycles. The molecule has 0 aromatic carbocycles. The second kappa shape index (κ2) is 34.0. The van der Waals surface area contributed by atoms with Crippen LogP contribution in [0.2, 0.25) is 0 Å². The number of nitrogens with zero attached hydrogens (tertiary/aromatic N) is 1. The van der Waals surface area contributed by atoms with Crippen molar-refractivity contribution in [2.45, 2.75) is 36.8 Å². The van der Waals surface area contributed by atoms with Crippen LogP contribution < -0.4 is 355 Å². The Morgan fingerprint density at radius 2 is 0.900 bits per heavy atom. The first-order chi connectivity index (χ1) is 15.7. The predicted octanol–water partition coefficient (Wildman–Crippen LogP) is -29.0. The zero-order chi connectivity index (χ0) is 26.5. The van der Waals surface area contributed by atoms with Crippen molar-refractivity contribution < 1.29 is 368 Å². The number of nitrogens with two attached hydrogens (primary N) is 1. The van der Waals surface area contributed by atoms with Crippen molar-refractivity contribution in [2.75, 3.05) is 39.3 Å². The molecule has 0 fully saturated rings. The molecule has 4 N–H and O–H groups in total. The van der Waals surface area contributed by atoms with Gasteiger partial charge < -0.3 is 75.8 Å². The normalized spacial score (nSPS) is 10.1. The second-order valence-electron chi connectivity index (χ2n) is 7.37. The molecule has 0 spiro atoms. The SMILES string of the molecule is NCCNCCNC(CC(=O)[O-])(CC(=O)[O-])C(CC(=O)[O-])(CC(=O)[O-])N(CC(=O)[O-])CC(=O)[O-].[K+].[K+].[K+].[K+].[K+].[K+]. The molecule has 22 heteroatoms. The van der Waals surface area contributed by atoms with Gasteiger partial charge in [0.2, 0.25) is 0 Å². The van der Waals surface area contributed by atoms with E-state index in [1.165, 1.54) is 0 Å². The fourth-order valence-electron chi connectivity index (χ4n) is 3.87. The Balaban J connectivity index is -0.000000363. The van der Waals surface area contributed by atoms with Crippen molar-refractivity contribution in [3.05, 3.63) is 0 Å². The van der Waals surface area contributed by atoms with E-state index in [-0.39, 0.29) is 339 Å². The number of hydrogen-bond acceptors (Lipinski definition) is 16. The molecule has 0 saturated heterocycles. The Morgan fingerprint density at radius 1 is 0.550 bits per heavy atom. The molecule has 16 nitrogen and oxygen atoms in total. The summed E-state index contributed by atoms with van der Waals surface area (Å²) in [4.78, 5) is 69.4. The summed E-state index contributed by atoms with van der Waals surface area (Å²) in [5.41, 5.74) is -0.260. The Kier molecular flexibility index (Phi) is 52.4. The van der Waals surface area contributed by atoms with Crippen LogP contribution in [0.5, 0.6) is 0 Å². The number of carbonyl (C=O) groups excluding carboxylic acids is 6. The molecule has 40 heavy (non-hydrogen) atoms. The van der Waals surface area contributed by atoms with E-state index in [1.54, 1.807) is 0 Å². The number of carboxylic acids is 6. The van der Waals surface area contributed by atoms with Crippen LogP contribution >= 0.6 is 0 Å². The van der Waals surface area contributed by atoms with E-state index in [4.69, 9.17) is 5.73 Å². The average molecular weight is 723 g/mol. The first-order valence-electron chi connectivity index (χ1n) is 9.81. The Hall–Kier alpha value is 6.48. The number of carboxylic acid groups (broad SMARTS) is 6. The van der Waals surface area contributed by atoms with Crippen molar-refractivity contribution in [1.82, 2.24) is 15.5 Å². The van der Waals surface area contributed by atoms with Gasteiger partial charge in [0.1, 0.15) is 0 Å². The Labute approximate surface area is 486 Å². The summed E-state index contributed by atoms with van der Waals surface area (Å²) >= 11 is 0. The van der Waals surface area contributed by atoms with Gasteiger partial charge in [-0.2, -0.15) is 0 Å². The average Bonchev–Trinajstić information content (AvgIpc) is 2.63. The molecule has 0 aromatic rings. The molecule has 0 aromatic heterocycles. The van der Waals surface area contributed by atoms with Gasteiger partial charge in [0.15, 0.2) is 0 Å². The van der Waals surface area contributed by atoms with Gasteiger partial charge in [0.25, 0.3) is 0 Å². The van der Waals surface area contributed by atoms with E-state index >= 15 is 0 Å². The molecule has 0 rings (SSSR count). The number of nitrogens with one attached hydrogen (secondary N) is 2. The first-order valence-corrected chi connectivity index (χ1v) is 9.81. The zero-order valence-electron chi connectivity index (χ0n) is 24.0. The monoisotopic (exact) mass is 722 g/mol. The van der Waals surface area contributed by atoms with Gasteiger partial charge in [0.05, 0.1) is 17.5 Å². The van der Waals surface area contributed by atoms with Gasteiger partial charge in [-0.15, -0.1) is 0 Å². The summed E-state index contributed by atoms with van der Waals surface area (Å²) in [5.74, 6) is -12.2. The van der Waals surface area contributed by atoms with Crippen LogP contribution in [0.4, 0.5) is 0 Å². The number of hydrogen-bond donors (Lipinski definition) is 3. The Bertz CT molecular complexity index is 748. The maximum Gasteiger partial charge on any atom is 1.00 e. The molecule has 0 aliphatic rings. The fraction of sp³-hybridized carbons (Fsp3) is 0.667. The van der Waals surface area contributed by atoms with Crippen LogP contribution in [-0.2, 0) is 28.8 Å². The smallest absolute Gasteiger partial charge is 0.550 e. The summed E-state index contributed by atoms with van der Waals surface area (Å²) < 4.78 is 0. The predicted molar refractivity (Wildman–Crippen MR) is 95.5 cm³/mol. The third kappa shape index (κ3) is 25.4. The van der Waals surface area contributed by atoms with Crippen LogP contribution in [0.25, 0.3) is 0 Å². The maximum atomic E-state index is 11.6. The van der Waals surface area contributed by atoms with E-state index in [0.29, 0.717) is 0 Å². The Morgan fingerprint density at radius 3 is 1.18 bits per heavy atom. The molecule has 0 bridgehead atoms. The van der Waals surface area contributed by atoms with E-state index < -0.39 is 85.7 Å². The van der Waals surface area contributed by atoms with Crippen molar-refractivity contribution in [1.29, 1.82) is 0 Å². The summed E-state index contributed by atoms with van der Waals surface area (Å²) in [6, 6.07) is 0. The van der Waals surface area contributed by atoms with Crippen LogP contribution in [0.1, 0.15) is 25.7 Å². The summed E-state index contributed by atoms with van der Waals surface area (Å²) in [5, 5.41) is 74.4. The van der Waals surface area contributed by atoms with Crippen molar-refractivity contribution in [2.24, 2.45) is 5.73 Å². The zero-order valence-corrected chi connectivity index (χ0v) is 42.7.